The van der Waals surface area contributed by atoms with E-state index in [-0.39, 0.29) is 41.7 Å². The first kappa shape index (κ1) is 30.8. The third kappa shape index (κ3) is 7.46. The smallest absolute Gasteiger partial charge is 0.245 e. The Morgan fingerprint density at radius 2 is 1.59 bits per heavy atom. The fourth-order valence-corrected chi connectivity index (χ4v) is 5.53. The molecule has 6 heteroatoms. The summed E-state index contributed by atoms with van der Waals surface area (Å²) in [6.07, 6.45) is 8.32. The Bertz CT molecular complexity index is 1080. The molecule has 1 aliphatic carbocycles. The average molecular weight is 539 g/mol. The molecule has 1 aromatic carbocycles. The van der Waals surface area contributed by atoms with Crippen LogP contribution in [0.2, 0.25) is 0 Å². The minimum Gasteiger partial charge on any atom is -0.507 e. The molecule has 2 aromatic rings. The minimum atomic E-state index is -0.997. The highest BCUT2D eigenvalue weighted by molar-refractivity contribution is 5.91. The van der Waals surface area contributed by atoms with Gasteiger partial charge in [0, 0.05) is 12.5 Å². The summed E-state index contributed by atoms with van der Waals surface area (Å²) in [7, 11) is 0. The maximum Gasteiger partial charge on any atom is 0.245 e. The van der Waals surface area contributed by atoms with Crippen LogP contribution >= 0.6 is 0 Å². The Balaban J connectivity index is 1.89. The molecule has 0 spiro atoms. The van der Waals surface area contributed by atoms with Crippen molar-refractivity contribution < 1.29 is 19.1 Å². The van der Waals surface area contributed by atoms with Gasteiger partial charge in [0.05, 0.1) is 12.8 Å². The number of nitrogens with zero attached hydrogens (tertiary/aromatic N) is 1. The number of phenols is 1. The van der Waals surface area contributed by atoms with Crippen LogP contribution in [0.15, 0.2) is 34.9 Å². The number of carbonyl (C=O) groups is 2. The molecule has 1 aliphatic rings. The number of hydrogen-bond acceptors (Lipinski definition) is 4. The number of furan rings is 1. The van der Waals surface area contributed by atoms with Gasteiger partial charge in [0.25, 0.3) is 0 Å². The fraction of sp³-hybridized carbons (Fsp3) is 0.636. The molecule has 2 N–H and O–H groups in total. The van der Waals surface area contributed by atoms with E-state index in [0.29, 0.717) is 24.4 Å². The molecule has 1 saturated carbocycles. The van der Waals surface area contributed by atoms with Crippen LogP contribution in [-0.2, 0) is 33.4 Å². The highest BCUT2D eigenvalue weighted by Gasteiger charge is 2.41. The zero-order valence-electron chi connectivity index (χ0n) is 25.4. The highest BCUT2D eigenvalue weighted by Crippen LogP contribution is 2.40. The first-order valence-electron chi connectivity index (χ1n) is 14.7. The topological polar surface area (TPSA) is 82.8 Å². The number of aromatic hydroxyl groups is 1. The minimum absolute atomic E-state index is 0.0859. The average Bonchev–Trinajstić information content (AvgIpc) is 3.38. The number of hydrogen-bond donors (Lipinski definition) is 2. The second-order valence-electron chi connectivity index (χ2n) is 13.5. The van der Waals surface area contributed by atoms with Crippen molar-refractivity contribution >= 4 is 11.8 Å². The quantitative estimate of drug-likeness (QED) is 0.355. The first-order chi connectivity index (χ1) is 18.2. The van der Waals surface area contributed by atoms with Gasteiger partial charge in [-0.3, -0.25) is 9.59 Å². The van der Waals surface area contributed by atoms with Crippen molar-refractivity contribution in [3.8, 4) is 5.75 Å². The van der Waals surface area contributed by atoms with Gasteiger partial charge in [0.1, 0.15) is 17.0 Å². The Kier molecular flexibility index (Phi) is 9.61. The monoisotopic (exact) mass is 538 g/mol. The summed E-state index contributed by atoms with van der Waals surface area (Å²) < 4.78 is 5.61. The van der Waals surface area contributed by atoms with Crippen molar-refractivity contribution in [3.05, 3.63) is 53.0 Å². The predicted molar refractivity (Wildman–Crippen MR) is 157 cm³/mol. The molecular weight excluding hydrogens is 488 g/mol. The van der Waals surface area contributed by atoms with Crippen molar-refractivity contribution in [1.82, 2.24) is 10.2 Å². The van der Waals surface area contributed by atoms with Gasteiger partial charge in [-0.25, -0.2) is 0 Å². The van der Waals surface area contributed by atoms with E-state index in [0.717, 1.165) is 42.4 Å². The summed E-state index contributed by atoms with van der Waals surface area (Å²) in [5.41, 5.74) is 1.30. The Morgan fingerprint density at radius 1 is 1.00 bits per heavy atom. The SMILES string of the molecule is CC[C@@](C)(C(=O)NC1CCCCC1)N(Cc1ccco1)C(=O)CCc1cc(C(C)(C)C)c(O)c(C(C)(C)C)c1. The summed E-state index contributed by atoms with van der Waals surface area (Å²) in [5, 5.41) is 14.4. The van der Waals surface area contributed by atoms with E-state index < -0.39 is 5.54 Å². The van der Waals surface area contributed by atoms with Crippen LogP contribution in [0.3, 0.4) is 0 Å². The summed E-state index contributed by atoms with van der Waals surface area (Å²) in [4.78, 5) is 29.3. The molecule has 0 aliphatic heterocycles. The number of nitrogens with one attached hydrogen (secondary N) is 1. The molecule has 216 valence electrons. The molecule has 0 bridgehead atoms. The van der Waals surface area contributed by atoms with Gasteiger partial charge in [0.15, 0.2) is 0 Å². The summed E-state index contributed by atoms with van der Waals surface area (Å²) >= 11 is 0. The number of aryl methyl sites for hydroxylation is 1. The van der Waals surface area contributed by atoms with E-state index in [1.807, 2.05) is 38.1 Å². The maximum absolute atomic E-state index is 13.9. The van der Waals surface area contributed by atoms with Gasteiger partial charge < -0.3 is 19.7 Å². The molecule has 2 amide bonds. The third-order valence-electron chi connectivity index (χ3n) is 8.32. The summed E-state index contributed by atoms with van der Waals surface area (Å²) in [6.45, 7) is 16.6. The molecule has 6 nitrogen and oxygen atoms in total. The van der Waals surface area contributed by atoms with Gasteiger partial charge in [-0.2, -0.15) is 0 Å². The fourth-order valence-electron chi connectivity index (χ4n) is 5.53. The van der Waals surface area contributed by atoms with Gasteiger partial charge >= 0.3 is 0 Å². The lowest BCUT2D eigenvalue weighted by Crippen LogP contribution is -2.59. The van der Waals surface area contributed by atoms with E-state index in [2.05, 4.69) is 46.9 Å². The van der Waals surface area contributed by atoms with E-state index >= 15 is 0 Å². The molecule has 0 unspecified atom stereocenters. The van der Waals surface area contributed by atoms with Crippen molar-refractivity contribution in [3.63, 3.8) is 0 Å². The van der Waals surface area contributed by atoms with Crippen molar-refractivity contribution in [2.75, 3.05) is 0 Å². The van der Waals surface area contributed by atoms with E-state index in [9.17, 15) is 14.7 Å². The second kappa shape index (κ2) is 12.2. The number of phenolic OH excluding ortho intramolecular Hbond substituents is 1. The van der Waals surface area contributed by atoms with Crippen LogP contribution < -0.4 is 5.32 Å². The second-order valence-corrected chi connectivity index (χ2v) is 13.5. The van der Waals surface area contributed by atoms with Crippen LogP contribution in [0.5, 0.6) is 5.75 Å². The molecule has 1 heterocycles. The standard InChI is InChI=1S/C33H50N2O4/c1-9-33(8,30(38)34-24-14-11-10-12-15-24)35(22-25-16-13-19-39-25)28(36)18-17-23-20-26(31(2,3)4)29(37)27(21-23)32(5,6)7/h13,16,19-21,24,37H,9-12,14-15,17-18,22H2,1-8H3,(H,34,38)/t33-/m0/s1. The van der Waals surface area contributed by atoms with Crippen LogP contribution in [0.4, 0.5) is 0 Å². The van der Waals surface area contributed by atoms with Crippen LogP contribution in [0.25, 0.3) is 0 Å². The molecule has 1 atom stereocenters. The van der Waals surface area contributed by atoms with E-state index in [1.165, 1.54) is 6.42 Å². The number of carbonyl (C=O) groups excluding carboxylic acids is 2. The third-order valence-corrected chi connectivity index (χ3v) is 8.32. The number of rotatable bonds is 9. The highest BCUT2D eigenvalue weighted by atomic mass is 16.3. The van der Waals surface area contributed by atoms with Crippen LogP contribution in [0, 0.1) is 0 Å². The van der Waals surface area contributed by atoms with E-state index in [1.54, 1.807) is 11.2 Å². The van der Waals surface area contributed by atoms with Gasteiger partial charge in [0.2, 0.25) is 11.8 Å². The number of amides is 2. The molecular formula is C33H50N2O4. The lowest BCUT2D eigenvalue weighted by Gasteiger charge is -2.40. The van der Waals surface area contributed by atoms with Gasteiger partial charge in [-0.15, -0.1) is 0 Å². The molecule has 1 aromatic heterocycles. The molecule has 0 saturated heterocycles. The lowest BCUT2D eigenvalue weighted by atomic mass is 9.78. The van der Waals surface area contributed by atoms with E-state index in [4.69, 9.17) is 4.42 Å². The lowest BCUT2D eigenvalue weighted by molar-refractivity contribution is -0.149. The van der Waals surface area contributed by atoms with Crippen LogP contribution in [-0.4, -0.2) is 33.4 Å². The summed E-state index contributed by atoms with van der Waals surface area (Å²) in [5.74, 6) is 0.814. The largest absolute Gasteiger partial charge is 0.507 e. The molecule has 39 heavy (non-hydrogen) atoms. The molecule has 1 fully saturated rings. The predicted octanol–water partition coefficient (Wildman–Crippen LogP) is 7.16. The first-order valence-corrected chi connectivity index (χ1v) is 14.7. The van der Waals surface area contributed by atoms with Gasteiger partial charge in [-0.1, -0.05) is 79.9 Å². The molecule has 3 rings (SSSR count). The molecule has 0 radical (unpaired) electrons. The van der Waals surface area contributed by atoms with Crippen molar-refractivity contribution in [1.29, 1.82) is 0 Å². The Hall–Kier alpha value is -2.76. The Labute approximate surface area is 235 Å². The maximum atomic E-state index is 13.9. The van der Waals surface area contributed by atoms with Crippen molar-refractivity contribution in [2.24, 2.45) is 0 Å². The Morgan fingerprint density at radius 3 is 2.08 bits per heavy atom. The zero-order valence-corrected chi connectivity index (χ0v) is 25.4. The summed E-state index contributed by atoms with van der Waals surface area (Å²) in [6, 6.07) is 7.89. The van der Waals surface area contributed by atoms with Crippen LogP contribution in [0.1, 0.15) is 123 Å². The van der Waals surface area contributed by atoms with Crippen molar-refractivity contribution in [2.45, 2.75) is 136 Å². The zero-order chi connectivity index (χ0) is 29.0. The van der Waals surface area contributed by atoms with Gasteiger partial charge in [-0.05, 0) is 72.3 Å². The normalized spacial score (nSPS) is 16.5. The number of benzene rings is 1.